The summed E-state index contributed by atoms with van der Waals surface area (Å²) in [7, 11) is 0. The second kappa shape index (κ2) is 32.7. The van der Waals surface area contributed by atoms with Crippen LogP contribution in [0.3, 0.4) is 0 Å². The van der Waals surface area contributed by atoms with E-state index in [1.54, 1.807) is 0 Å². The van der Waals surface area contributed by atoms with Crippen molar-refractivity contribution in [1.29, 1.82) is 0 Å². The van der Waals surface area contributed by atoms with Crippen LogP contribution in [-0.4, -0.2) is 23.7 Å². The quantitative estimate of drug-likeness (QED) is 0.0659. The molecule has 220 valence electrons. The largest absolute Gasteiger partial charge is 0.481 e. The van der Waals surface area contributed by atoms with Crippen LogP contribution >= 0.6 is 0 Å². The maximum absolute atomic E-state index is 11.7. The number of rotatable bonds is 27. The zero-order valence-corrected chi connectivity index (χ0v) is 25.3. The summed E-state index contributed by atoms with van der Waals surface area (Å²) in [6, 6.07) is 0. The van der Waals surface area contributed by atoms with Gasteiger partial charge in [-0.2, -0.15) is 0 Å². The van der Waals surface area contributed by atoms with Crippen molar-refractivity contribution in [2.75, 3.05) is 6.61 Å². The number of carbonyl (C=O) groups excluding carboxylic acids is 1. The fourth-order valence-electron chi connectivity index (χ4n) is 4.31. The van der Waals surface area contributed by atoms with Crippen molar-refractivity contribution in [1.82, 2.24) is 0 Å². The average molecular weight is 525 g/mol. The molecule has 1 N–H and O–H groups in total. The lowest BCUT2D eigenvalue weighted by molar-refractivity contribution is -0.139. The summed E-state index contributed by atoms with van der Waals surface area (Å²) in [4.78, 5) is 22.0. The van der Waals surface area contributed by atoms with Crippen LogP contribution in [-0.2, 0) is 14.3 Å². The minimum absolute atomic E-state index is 0.186. The van der Waals surface area contributed by atoms with Gasteiger partial charge in [0.2, 0.25) is 0 Å². The molecule has 0 radical (unpaired) electrons. The van der Waals surface area contributed by atoms with E-state index in [9.17, 15) is 9.59 Å². The first-order valence-electron chi connectivity index (χ1n) is 16.1. The summed E-state index contributed by atoms with van der Waals surface area (Å²) in [5, 5.41) is 8.46. The van der Waals surface area contributed by atoms with Gasteiger partial charge in [0.15, 0.2) is 0 Å². The van der Waals surface area contributed by atoms with Crippen molar-refractivity contribution in [3.63, 3.8) is 0 Å². The number of unbranched alkanes of at least 4 members (excludes halogenated alkanes) is 20. The van der Waals surface area contributed by atoms with Crippen molar-refractivity contribution in [2.24, 2.45) is 0 Å². The minimum atomic E-state index is -0.657. The van der Waals surface area contributed by atoms with Crippen molar-refractivity contribution in [3.8, 4) is 0 Å². The molecule has 0 aliphatic rings. The molecule has 0 heterocycles. The molecule has 0 spiro atoms. The molecule has 0 aromatic rings. The van der Waals surface area contributed by atoms with E-state index in [4.69, 9.17) is 9.84 Å². The maximum atomic E-state index is 11.7. The van der Waals surface area contributed by atoms with Gasteiger partial charge in [-0.1, -0.05) is 156 Å². The zero-order valence-electron chi connectivity index (χ0n) is 25.3. The van der Waals surface area contributed by atoms with E-state index < -0.39 is 5.97 Å². The zero-order chi connectivity index (χ0) is 27.8. The summed E-state index contributed by atoms with van der Waals surface area (Å²) in [5.41, 5.74) is 0.644. The molecule has 0 bridgehead atoms. The van der Waals surface area contributed by atoms with Gasteiger partial charge in [0.25, 0.3) is 0 Å². The van der Waals surface area contributed by atoms with Crippen LogP contribution < -0.4 is 0 Å². The van der Waals surface area contributed by atoms with E-state index in [0.29, 0.717) is 18.6 Å². The van der Waals surface area contributed by atoms with E-state index in [-0.39, 0.29) is 5.97 Å². The molecule has 0 aliphatic heterocycles. The topological polar surface area (TPSA) is 63.6 Å². The van der Waals surface area contributed by atoms with Crippen LogP contribution in [0.4, 0.5) is 0 Å². The third kappa shape index (κ3) is 34.7. The predicted octanol–water partition coefficient (Wildman–Crippen LogP) is 11.0. The fraction of sp³-hybridized carbons (Fsp3) is 0.879. The van der Waals surface area contributed by atoms with E-state index in [1.165, 1.54) is 122 Å². The summed E-state index contributed by atoms with van der Waals surface area (Å²) in [5.74, 6) is -0.842. The van der Waals surface area contributed by atoms with Gasteiger partial charge in [-0.25, -0.2) is 4.79 Å². The number of hydrogen-bond acceptors (Lipinski definition) is 3. The van der Waals surface area contributed by atoms with Gasteiger partial charge in [0.05, 0.1) is 6.61 Å². The summed E-state index contributed by atoms with van der Waals surface area (Å²) in [6.45, 7) is 11.1. The first-order valence-corrected chi connectivity index (χ1v) is 16.1. The molecule has 4 heteroatoms. The molecule has 0 aromatic heterocycles. The number of carbonyl (C=O) groups is 2. The first-order chi connectivity index (χ1) is 18.0. The third-order valence-corrected chi connectivity index (χ3v) is 6.85. The summed E-state index contributed by atoms with van der Waals surface area (Å²) < 4.78 is 5.27. The van der Waals surface area contributed by atoms with Crippen LogP contribution in [0.2, 0.25) is 0 Å². The monoisotopic (exact) mass is 524 g/mol. The molecule has 4 nitrogen and oxygen atoms in total. The van der Waals surface area contributed by atoms with Gasteiger partial charge < -0.3 is 9.84 Å². The maximum Gasteiger partial charge on any atom is 0.333 e. The molecule has 0 saturated heterocycles. The van der Waals surface area contributed by atoms with E-state index in [1.807, 2.05) is 0 Å². The fourth-order valence-corrected chi connectivity index (χ4v) is 4.31. The van der Waals surface area contributed by atoms with Crippen LogP contribution in [0, 0.1) is 0 Å². The van der Waals surface area contributed by atoms with Gasteiger partial charge in [-0.3, -0.25) is 4.79 Å². The Morgan fingerprint density at radius 1 is 0.514 bits per heavy atom. The SMILES string of the molecule is C=C(CCCCCC)C(=O)OCCCCCCCCCC.CCCCCCCCCCCCCC(=O)O. The third-order valence-electron chi connectivity index (χ3n) is 6.85. The molecular weight excluding hydrogens is 460 g/mol. The van der Waals surface area contributed by atoms with Crippen molar-refractivity contribution in [3.05, 3.63) is 12.2 Å². The number of ether oxygens (including phenoxy) is 1. The van der Waals surface area contributed by atoms with E-state index >= 15 is 0 Å². The Balaban J connectivity index is 0. The van der Waals surface area contributed by atoms with Crippen molar-refractivity contribution in [2.45, 2.75) is 181 Å². The highest BCUT2D eigenvalue weighted by Crippen LogP contribution is 2.13. The van der Waals surface area contributed by atoms with Gasteiger partial charge in [0.1, 0.15) is 0 Å². The van der Waals surface area contributed by atoms with Crippen molar-refractivity contribution >= 4 is 11.9 Å². The Morgan fingerprint density at radius 3 is 1.24 bits per heavy atom. The lowest BCUT2D eigenvalue weighted by atomic mass is 10.1. The number of hydrogen-bond donors (Lipinski definition) is 1. The lowest BCUT2D eigenvalue weighted by Crippen LogP contribution is -2.08. The second-order valence-electron chi connectivity index (χ2n) is 10.7. The number of carboxylic acid groups (broad SMARTS) is 1. The Labute approximate surface area is 231 Å². The normalized spacial score (nSPS) is 10.6. The van der Waals surface area contributed by atoms with Crippen molar-refractivity contribution < 1.29 is 19.4 Å². The van der Waals surface area contributed by atoms with Crippen LogP contribution in [0.25, 0.3) is 0 Å². The average Bonchev–Trinajstić information content (AvgIpc) is 2.88. The molecular formula is C33H64O4. The van der Waals surface area contributed by atoms with Gasteiger partial charge in [0, 0.05) is 12.0 Å². The molecule has 0 unspecified atom stereocenters. The van der Waals surface area contributed by atoms with Gasteiger partial charge >= 0.3 is 11.9 Å². The minimum Gasteiger partial charge on any atom is -0.481 e. The van der Waals surface area contributed by atoms with Gasteiger partial charge in [-0.05, 0) is 25.7 Å². The molecule has 0 rings (SSSR count). The molecule has 0 fully saturated rings. The van der Waals surface area contributed by atoms with E-state index in [0.717, 1.165) is 32.1 Å². The highest BCUT2D eigenvalue weighted by molar-refractivity contribution is 5.87. The standard InChI is InChI=1S/C19H36O2.C14H28O2/c1-4-6-8-10-11-12-13-15-17-21-19(20)18(3)16-14-9-7-5-2;1-2-3-4-5-6-7-8-9-10-11-12-13-14(15)16/h3-17H2,1-2H3;2-13H2,1H3,(H,15,16). The Bertz CT molecular complexity index is 501. The number of aliphatic carboxylic acids is 1. The number of carboxylic acids is 1. The number of esters is 1. The first kappa shape index (κ1) is 37.8. The second-order valence-corrected chi connectivity index (χ2v) is 10.7. The van der Waals surface area contributed by atoms with Crippen LogP contribution in [0.1, 0.15) is 181 Å². The molecule has 0 aromatic carbocycles. The Kier molecular flexibility index (Phi) is 33.4. The smallest absolute Gasteiger partial charge is 0.333 e. The Morgan fingerprint density at radius 2 is 0.838 bits per heavy atom. The van der Waals surface area contributed by atoms with Gasteiger partial charge in [-0.15, -0.1) is 0 Å². The molecule has 0 saturated carbocycles. The molecule has 37 heavy (non-hydrogen) atoms. The Hall–Kier alpha value is -1.32. The summed E-state index contributed by atoms with van der Waals surface area (Å²) in [6.07, 6.45) is 30.0. The highest BCUT2D eigenvalue weighted by Gasteiger charge is 2.07. The lowest BCUT2D eigenvalue weighted by Gasteiger charge is -2.07. The molecule has 0 aliphatic carbocycles. The molecule has 0 atom stereocenters. The van der Waals surface area contributed by atoms with E-state index in [2.05, 4.69) is 27.4 Å². The highest BCUT2D eigenvalue weighted by atomic mass is 16.5. The molecule has 0 amide bonds. The predicted molar refractivity (Wildman–Crippen MR) is 160 cm³/mol. The summed E-state index contributed by atoms with van der Waals surface area (Å²) >= 11 is 0. The van der Waals surface area contributed by atoms with Crippen LogP contribution in [0.5, 0.6) is 0 Å². The van der Waals surface area contributed by atoms with Crippen LogP contribution in [0.15, 0.2) is 12.2 Å².